The molecular weight excluding hydrogens is 250 g/mol. The number of nitriles is 1. The molecule has 1 atom stereocenters. The largest absolute Gasteiger partial charge is 0.383 e. The third-order valence-electron chi connectivity index (χ3n) is 3.96. The molecule has 1 heterocycles. The molecule has 1 unspecified atom stereocenters. The lowest BCUT2D eigenvalue weighted by atomic mass is 10.1. The number of methoxy groups -OCH3 is 1. The molecule has 1 fully saturated rings. The van der Waals surface area contributed by atoms with Crippen LogP contribution < -0.4 is 0 Å². The van der Waals surface area contributed by atoms with Gasteiger partial charge >= 0.3 is 0 Å². The number of benzene rings is 1. The molecule has 1 aliphatic rings. The molecule has 0 N–H and O–H groups in total. The Morgan fingerprint density at radius 3 is 2.85 bits per heavy atom. The zero-order valence-corrected chi connectivity index (χ0v) is 12.4. The predicted octanol–water partition coefficient (Wildman–Crippen LogP) is 1.71. The summed E-state index contributed by atoms with van der Waals surface area (Å²) < 4.78 is 5.15. The summed E-state index contributed by atoms with van der Waals surface area (Å²) in [6, 6.07) is 10.7. The summed E-state index contributed by atoms with van der Waals surface area (Å²) in [5.74, 6) is 0. The van der Waals surface area contributed by atoms with Crippen LogP contribution in [0.4, 0.5) is 0 Å². The number of piperazine rings is 1. The first kappa shape index (κ1) is 15.0. The van der Waals surface area contributed by atoms with E-state index in [0.717, 1.165) is 50.5 Å². The molecule has 20 heavy (non-hydrogen) atoms. The summed E-state index contributed by atoms with van der Waals surface area (Å²) >= 11 is 0. The van der Waals surface area contributed by atoms with E-state index in [2.05, 4.69) is 28.9 Å². The molecule has 0 amide bonds. The van der Waals surface area contributed by atoms with Gasteiger partial charge in [-0.3, -0.25) is 9.80 Å². The molecule has 1 saturated heterocycles. The standard InChI is InChI=1S/C16H23N3O/c1-14-12-18(7-8-19(14)9-10-20-2)13-16-6-4-3-5-15(16)11-17/h3-6,14H,7-10,12-13H2,1-2H3. The third kappa shape index (κ3) is 3.80. The number of hydrogen-bond donors (Lipinski definition) is 0. The number of hydrogen-bond acceptors (Lipinski definition) is 4. The van der Waals surface area contributed by atoms with Crippen LogP contribution in [0.25, 0.3) is 0 Å². The normalized spacial score (nSPS) is 20.8. The van der Waals surface area contributed by atoms with Crippen LogP contribution in [0, 0.1) is 11.3 Å². The van der Waals surface area contributed by atoms with Crippen LogP contribution in [0.5, 0.6) is 0 Å². The van der Waals surface area contributed by atoms with E-state index in [0.29, 0.717) is 6.04 Å². The Morgan fingerprint density at radius 2 is 2.15 bits per heavy atom. The van der Waals surface area contributed by atoms with Crippen molar-refractivity contribution >= 4 is 0 Å². The molecule has 1 aliphatic heterocycles. The lowest BCUT2D eigenvalue weighted by Crippen LogP contribution is -2.52. The topological polar surface area (TPSA) is 39.5 Å². The molecule has 4 nitrogen and oxygen atoms in total. The van der Waals surface area contributed by atoms with Crippen LogP contribution >= 0.6 is 0 Å². The minimum absolute atomic E-state index is 0.535. The second kappa shape index (κ2) is 7.39. The summed E-state index contributed by atoms with van der Waals surface area (Å²) in [6.45, 7) is 8.09. The zero-order chi connectivity index (χ0) is 14.4. The van der Waals surface area contributed by atoms with Crippen molar-refractivity contribution in [1.29, 1.82) is 5.26 Å². The summed E-state index contributed by atoms with van der Waals surface area (Å²) in [7, 11) is 1.75. The van der Waals surface area contributed by atoms with Crippen LogP contribution in [0.1, 0.15) is 18.1 Å². The van der Waals surface area contributed by atoms with Gasteiger partial charge < -0.3 is 4.74 Å². The van der Waals surface area contributed by atoms with Gasteiger partial charge in [0.15, 0.2) is 0 Å². The first-order chi connectivity index (χ1) is 9.74. The van der Waals surface area contributed by atoms with E-state index < -0.39 is 0 Å². The van der Waals surface area contributed by atoms with Crippen LogP contribution in [0.15, 0.2) is 24.3 Å². The van der Waals surface area contributed by atoms with Gasteiger partial charge in [-0.15, -0.1) is 0 Å². The van der Waals surface area contributed by atoms with E-state index in [4.69, 9.17) is 10.00 Å². The molecule has 1 aromatic carbocycles. The van der Waals surface area contributed by atoms with Crippen molar-refractivity contribution in [3.05, 3.63) is 35.4 Å². The van der Waals surface area contributed by atoms with Crippen molar-refractivity contribution in [2.75, 3.05) is 39.9 Å². The fourth-order valence-corrected chi connectivity index (χ4v) is 2.76. The monoisotopic (exact) mass is 273 g/mol. The quantitative estimate of drug-likeness (QED) is 0.819. The van der Waals surface area contributed by atoms with Gasteiger partial charge in [-0.2, -0.15) is 5.26 Å². The average Bonchev–Trinajstić information content (AvgIpc) is 2.47. The maximum Gasteiger partial charge on any atom is 0.0995 e. The van der Waals surface area contributed by atoms with Crippen LogP contribution in [-0.4, -0.2) is 55.7 Å². The molecular formula is C16H23N3O. The fraction of sp³-hybridized carbons (Fsp3) is 0.562. The molecule has 0 aromatic heterocycles. The van der Waals surface area contributed by atoms with Crippen molar-refractivity contribution in [2.24, 2.45) is 0 Å². The molecule has 2 rings (SSSR count). The zero-order valence-electron chi connectivity index (χ0n) is 12.4. The van der Waals surface area contributed by atoms with Gasteiger partial charge in [0.25, 0.3) is 0 Å². The Labute approximate surface area is 121 Å². The Hall–Kier alpha value is -1.41. The Kier molecular flexibility index (Phi) is 5.54. The van der Waals surface area contributed by atoms with Gasteiger partial charge in [-0.25, -0.2) is 0 Å². The summed E-state index contributed by atoms with van der Waals surface area (Å²) in [4.78, 5) is 4.90. The van der Waals surface area contributed by atoms with Crippen molar-refractivity contribution < 1.29 is 4.74 Å². The van der Waals surface area contributed by atoms with Crippen LogP contribution in [0.3, 0.4) is 0 Å². The smallest absolute Gasteiger partial charge is 0.0995 e. The van der Waals surface area contributed by atoms with Gasteiger partial charge in [-0.1, -0.05) is 18.2 Å². The lowest BCUT2D eigenvalue weighted by molar-refractivity contribution is 0.0557. The molecule has 0 spiro atoms. The minimum atomic E-state index is 0.535. The Balaban J connectivity index is 1.91. The summed E-state index contributed by atoms with van der Waals surface area (Å²) in [6.07, 6.45) is 0. The van der Waals surface area contributed by atoms with Gasteiger partial charge in [-0.05, 0) is 18.6 Å². The van der Waals surface area contributed by atoms with Crippen LogP contribution in [-0.2, 0) is 11.3 Å². The maximum atomic E-state index is 9.15. The number of nitrogens with zero attached hydrogens (tertiary/aromatic N) is 3. The highest BCUT2D eigenvalue weighted by molar-refractivity contribution is 5.37. The molecule has 108 valence electrons. The lowest BCUT2D eigenvalue weighted by Gasteiger charge is -2.39. The minimum Gasteiger partial charge on any atom is -0.383 e. The van der Waals surface area contributed by atoms with E-state index in [9.17, 15) is 0 Å². The average molecular weight is 273 g/mol. The second-order valence-electron chi connectivity index (χ2n) is 5.38. The maximum absolute atomic E-state index is 9.15. The number of ether oxygens (including phenoxy) is 1. The van der Waals surface area contributed by atoms with Gasteiger partial charge in [0.05, 0.1) is 18.2 Å². The highest BCUT2D eigenvalue weighted by Crippen LogP contribution is 2.15. The van der Waals surface area contributed by atoms with Gasteiger partial charge in [0.1, 0.15) is 0 Å². The first-order valence-electron chi connectivity index (χ1n) is 7.18. The molecule has 0 saturated carbocycles. The Bertz CT molecular complexity index is 469. The van der Waals surface area contributed by atoms with Gasteiger partial charge in [0.2, 0.25) is 0 Å². The Morgan fingerprint density at radius 1 is 1.35 bits per heavy atom. The highest BCUT2D eigenvalue weighted by atomic mass is 16.5. The molecule has 0 bridgehead atoms. The van der Waals surface area contributed by atoms with E-state index in [1.807, 2.05) is 18.2 Å². The molecule has 0 aliphatic carbocycles. The van der Waals surface area contributed by atoms with E-state index >= 15 is 0 Å². The van der Waals surface area contributed by atoms with E-state index in [1.54, 1.807) is 7.11 Å². The first-order valence-corrected chi connectivity index (χ1v) is 7.18. The van der Waals surface area contributed by atoms with Crippen molar-refractivity contribution in [1.82, 2.24) is 9.80 Å². The van der Waals surface area contributed by atoms with E-state index in [-0.39, 0.29) is 0 Å². The highest BCUT2D eigenvalue weighted by Gasteiger charge is 2.23. The molecule has 0 radical (unpaired) electrons. The fourth-order valence-electron chi connectivity index (χ4n) is 2.76. The van der Waals surface area contributed by atoms with Crippen molar-refractivity contribution in [3.8, 4) is 6.07 Å². The van der Waals surface area contributed by atoms with Gasteiger partial charge in [0, 0.05) is 45.9 Å². The van der Waals surface area contributed by atoms with E-state index in [1.165, 1.54) is 0 Å². The number of rotatable bonds is 5. The SMILES string of the molecule is COCCN1CCN(Cc2ccccc2C#N)CC1C. The van der Waals surface area contributed by atoms with Crippen molar-refractivity contribution in [2.45, 2.75) is 19.5 Å². The third-order valence-corrected chi connectivity index (χ3v) is 3.96. The summed E-state index contributed by atoms with van der Waals surface area (Å²) in [5, 5.41) is 9.15. The second-order valence-corrected chi connectivity index (χ2v) is 5.38. The molecule has 4 heteroatoms. The summed E-state index contributed by atoms with van der Waals surface area (Å²) in [5.41, 5.74) is 1.93. The van der Waals surface area contributed by atoms with Crippen LogP contribution in [0.2, 0.25) is 0 Å². The molecule has 1 aromatic rings. The van der Waals surface area contributed by atoms with Crippen molar-refractivity contribution in [3.63, 3.8) is 0 Å². The predicted molar refractivity (Wildman–Crippen MR) is 79.3 cm³/mol.